The second kappa shape index (κ2) is 5.74. The zero-order valence-corrected chi connectivity index (χ0v) is 12.2. The Kier molecular flexibility index (Phi) is 4.27. The molecular weight excluding hydrogens is 292 g/mol. The molecule has 0 aliphatic heterocycles. The Bertz CT molecular complexity index is 447. The van der Waals surface area contributed by atoms with Crippen LogP contribution in [-0.2, 0) is 0 Å². The highest BCUT2D eigenvalue weighted by atomic mass is 79.9. The van der Waals surface area contributed by atoms with Crippen LogP contribution < -0.4 is 11.1 Å². The Balaban J connectivity index is 1.93. The fourth-order valence-electron chi connectivity index (χ4n) is 2.56. The Hall–Kier alpha value is -1.03. The number of anilines is 1. The van der Waals surface area contributed by atoms with Crippen LogP contribution in [0.4, 0.5) is 5.69 Å². The van der Waals surface area contributed by atoms with Gasteiger partial charge in [-0.05, 0) is 58.8 Å². The predicted molar refractivity (Wildman–Crippen MR) is 77.4 cm³/mol. The van der Waals surface area contributed by atoms with Gasteiger partial charge in [0, 0.05) is 16.7 Å². The molecular formula is C14H19BrN2O. The van der Waals surface area contributed by atoms with Gasteiger partial charge >= 0.3 is 0 Å². The van der Waals surface area contributed by atoms with Crippen molar-refractivity contribution in [2.45, 2.75) is 26.2 Å². The van der Waals surface area contributed by atoms with Gasteiger partial charge in [-0.3, -0.25) is 4.79 Å². The van der Waals surface area contributed by atoms with Crippen molar-refractivity contribution in [3.63, 3.8) is 0 Å². The fraction of sp³-hybridized carbons (Fsp3) is 0.500. The van der Waals surface area contributed by atoms with Gasteiger partial charge in [0.2, 0.25) is 0 Å². The topological polar surface area (TPSA) is 55.1 Å². The quantitative estimate of drug-likeness (QED) is 0.842. The third-order valence-corrected chi connectivity index (χ3v) is 4.28. The standard InChI is InChI=1S/C14H19BrN2O/c1-9-2-3-10(6-9)8-17-14(18)12-7-11(16)4-5-13(12)15/h4-5,7,9-10H,2-3,6,8,16H2,1H3,(H,17,18). The van der Waals surface area contributed by atoms with Gasteiger partial charge in [-0.25, -0.2) is 0 Å². The summed E-state index contributed by atoms with van der Waals surface area (Å²) in [6.07, 6.45) is 3.72. The van der Waals surface area contributed by atoms with Crippen LogP contribution in [0.15, 0.2) is 22.7 Å². The number of nitrogen functional groups attached to an aromatic ring is 1. The van der Waals surface area contributed by atoms with E-state index in [0.29, 0.717) is 17.2 Å². The van der Waals surface area contributed by atoms with E-state index in [1.165, 1.54) is 19.3 Å². The molecule has 3 N–H and O–H groups in total. The largest absolute Gasteiger partial charge is 0.399 e. The van der Waals surface area contributed by atoms with Crippen LogP contribution in [0.25, 0.3) is 0 Å². The number of hydrogen-bond donors (Lipinski definition) is 2. The van der Waals surface area contributed by atoms with Crippen molar-refractivity contribution in [3.8, 4) is 0 Å². The van der Waals surface area contributed by atoms with Crippen molar-refractivity contribution >= 4 is 27.5 Å². The number of amides is 1. The molecule has 0 bridgehead atoms. The van der Waals surface area contributed by atoms with E-state index in [4.69, 9.17) is 5.73 Å². The molecule has 0 heterocycles. The molecule has 1 aromatic rings. The maximum atomic E-state index is 12.1. The van der Waals surface area contributed by atoms with Gasteiger partial charge in [-0.2, -0.15) is 0 Å². The van der Waals surface area contributed by atoms with Gasteiger partial charge in [0.05, 0.1) is 5.56 Å². The number of halogens is 1. The van der Waals surface area contributed by atoms with E-state index in [1.807, 2.05) is 6.07 Å². The molecule has 3 nitrogen and oxygen atoms in total. The molecule has 0 radical (unpaired) electrons. The van der Waals surface area contributed by atoms with Gasteiger partial charge in [0.25, 0.3) is 5.91 Å². The summed E-state index contributed by atoms with van der Waals surface area (Å²) in [5.74, 6) is 1.38. The average Bonchev–Trinajstić information content (AvgIpc) is 2.75. The molecule has 1 fully saturated rings. The Morgan fingerprint density at radius 1 is 1.50 bits per heavy atom. The highest BCUT2D eigenvalue weighted by molar-refractivity contribution is 9.10. The van der Waals surface area contributed by atoms with E-state index in [-0.39, 0.29) is 5.91 Å². The molecule has 1 saturated carbocycles. The molecule has 0 saturated heterocycles. The third-order valence-electron chi connectivity index (χ3n) is 3.59. The molecule has 2 unspecified atom stereocenters. The Morgan fingerprint density at radius 3 is 2.94 bits per heavy atom. The zero-order valence-electron chi connectivity index (χ0n) is 10.6. The summed E-state index contributed by atoms with van der Waals surface area (Å²) >= 11 is 3.38. The average molecular weight is 311 g/mol. The summed E-state index contributed by atoms with van der Waals surface area (Å²) in [7, 11) is 0. The van der Waals surface area contributed by atoms with E-state index in [2.05, 4.69) is 28.2 Å². The molecule has 1 aromatic carbocycles. The highest BCUT2D eigenvalue weighted by Crippen LogP contribution is 2.29. The molecule has 98 valence electrons. The van der Waals surface area contributed by atoms with Crippen LogP contribution in [0.2, 0.25) is 0 Å². The maximum Gasteiger partial charge on any atom is 0.252 e. The zero-order chi connectivity index (χ0) is 13.1. The first-order chi connectivity index (χ1) is 8.56. The Morgan fingerprint density at radius 2 is 2.28 bits per heavy atom. The van der Waals surface area contributed by atoms with Crippen molar-refractivity contribution in [2.75, 3.05) is 12.3 Å². The van der Waals surface area contributed by atoms with Gasteiger partial charge in [-0.15, -0.1) is 0 Å². The van der Waals surface area contributed by atoms with Gasteiger partial charge in [0.1, 0.15) is 0 Å². The lowest BCUT2D eigenvalue weighted by atomic mass is 10.1. The minimum Gasteiger partial charge on any atom is -0.399 e. The smallest absolute Gasteiger partial charge is 0.252 e. The predicted octanol–water partition coefficient (Wildman–Crippen LogP) is 3.20. The van der Waals surface area contributed by atoms with Gasteiger partial charge in [0.15, 0.2) is 0 Å². The van der Waals surface area contributed by atoms with Crippen LogP contribution >= 0.6 is 15.9 Å². The van der Waals surface area contributed by atoms with Crippen molar-refractivity contribution < 1.29 is 4.79 Å². The number of nitrogens with one attached hydrogen (secondary N) is 1. The minimum atomic E-state index is -0.0475. The van der Waals surface area contributed by atoms with E-state index >= 15 is 0 Å². The summed E-state index contributed by atoms with van der Waals surface area (Å²) < 4.78 is 0.786. The van der Waals surface area contributed by atoms with E-state index < -0.39 is 0 Å². The van der Waals surface area contributed by atoms with Crippen molar-refractivity contribution in [3.05, 3.63) is 28.2 Å². The first-order valence-electron chi connectivity index (χ1n) is 6.39. The number of carbonyl (C=O) groups excluding carboxylic acids is 1. The highest BCUT2D eigenvalue weighted by Gasteiger charge is 2.22. The summed E-state index contributed by atoms with van der Waals surface area (Å²) in [6.45, 7) is 3.04. The lowest BCUT2D eigenvalue weighted by Gasteiger charge is -2.12. The van der Waals surface area contributed by atoms with Crippen molar-refractivity contribution in [1.29, 1.82) is 0 Å². The second-order valence-electron chi connectivity index (χ2n) is 5.23. The lowest BCUT2D eigenvalue weighted by Crippen LogP contribution is -2.28. The van der Waals surface area contributed by atoms with E-state index in [0.717, 1.165) is 16.9 Å². The molecule has 1 amide bonds. The van der Waals surface area contributed by atoms with Crippen LogP contribution in [0.5, 0.6) is 0 Å². The summed E-state index contributed by atoms with van der Waals surface area (Å²) in [6, 6.07) is 5.29. The molecule has 1 aliphatic rings. The monoisotopic (exact) mass is 310 g/mol. The summed E-state index contributed by atoms with van der Waals surface area (Å²) in [4.78, 5) is 12.1. The molecule has 4 heteroatoms. The second-order valence-corrected chi connectivity index (χ2v) is 6.09. The molecule has 1 aliphatic carbocycles. The van der Waals surface area contributed by atoms with Crippen LogP contribution in [0.3, 0.4) is 0 Å². The first-order valence-corrected chi connectivity index (χ1v) is 7.18. The van der Waals surface area contributed by atoms with E-state index in [9.17, 15) is 4.79 Å². The molecule has 2 rings (SSSR count). The lowest BCUT2D eigenvalue weighted by molar-refractivity contribution is 0.0946. The van der Waals surface area contributed by atoms with E-state index in [1.54, 1.807) is 12.1 Å². The first kappa shape index (κ1) is 13.4. The number of benzene rings is 1. The van der Waals surface area contributed by atoms with Crippen LogP contribution in [0.1, 0.15) is 36.5 Å². The number of nitrogens with two attached hydrogens (primary N) is 1. The molecule has 0 aromatic heterocycles. The molecule has 0 spiro atoms. The van der Waals surface area contributed by atoms with Crippen LogP contribution in [0, 0.1) is 11.8 Å². The number of carbonyl (C=O) groups is 1. The Labute approximate surface area is 116 Å². The summed E-state index contributed by atoms with van der Waals surface area (Å²) in [5.41, 5.74) is 6.92. The molecule has 18 heavy (non-hydrogen) atoms. The normalized spacial score (nSPS) is 23.0. The van der Waals surface area contributed by atoms with Crippen LogP contribution in [-0.4, -0.2) is 12.5 Å². The van der Waals surface area contributed by atoms with Gasteiger partial charge in [-0.1, -0.05) is 13.3 Å². The SMILES string of the molecule is CC1CCC(CNC(=O)c2cc(N)ccc2Br)C1. The van der Waals surface area contributed by atoms with Crippen molar-refractivity contribution in [1.82, 2.24) is 5.32 Å². The fourth-order valence-corrected chi connectivity index (χ4v) is 2.99. The minimum absolute atomic E-state index is 0.0475. The number of hydrogen-bond acceptors (Lipinski definition) is 2. The van der Waals surface area contributed by atoms with Gasteiger partial charge < -0.3 is 11.1 Å². The number of rotatable bonds is 3. The molecule has 2 atom stereocenters. The maximum absolute atomic E-state index is 12.1. The summed E-state index contributed by atoms with van der Waals surface area (Å²) in [5, 5.41) is 3.00. The third kappa shape index (κ3) is 3.25. The van der Waals surface area contributed by atoms with Crippen molar-refractivity contribution in [2.24, 2.45) is 11.8 Å².